The van der Waals surface area contributed by atoms with Crippen LogP contribution in [0.5, 0.6) is 0 Å². The third kappa shape index (κ3) is 4.85. The van der Waals surface area contributed by atoms with Crippen molar-refractivity contribution in [3.8, 4) is 0 Å². The van der Waals surface area contributed by atoms with E-state index in [4.69, 9.17) is 11.6 Å². The average molecular weight is 492 g/mol. The molecule has 6 nitrogen and oxygen atoms in total. The van der Waals surface area contributed by atoms with Gasteiger partial charge in [-0.1, -0.05) is 35.9 Å². The molecule has 1 heterocycles. The number of halogens is 3. The van der Waals surface area contributed by atoms with Crippen molar-refractivity contribution in [3.05, 3.63) is 89.0 Å². The van der Waals surface area contributed by atoms with Gasteiger partial charge >= 0.3 is 0 Å². The van der Waals surface area contributed by atoms with Crippen LogP contribution in [0.25, 0.3) is 0 Å². The molecule has 3 aromatic rings. The van der Waals surface area contributed by atoms with Crippen molar-refractivity contribution < 1.29 is 22.0 Å². The van der Waals surface area contributed by atoms with Gasteiger partial charge in [0.25, 0.3) is 5.91 Å². The molecule has 0 saturated carbocycles. The quantitative estimate of drug-likeness (QED) is 0.575. The van der Waals surface area contributed by atoms with Gasteiger partial charge in [0.2, 0.25) is 10.0 Å². The monoisotopic (exact) mass is 491 g/mol. The van der Waals surface area contributed by atoms with Crippen LogP contribution in [0.3, 0.4) is 0 Å². The molecule has 0 aromatic heterocycles. The highest BCUT2D eigenvalue weighted by atomic mass is 35.5. The average Bonchev–Trinajstić information content (AvgIpc) is 2.81. The summed E-state index contributed by atoms with van der Waals surface area (Å²) in [6.07, 6.45) is 0. The lowest BCUT2D eigenvalue weighted by Gasteiger charge is -2.35. The summed E-state index contributed by atoms with van der Waals surface area (Å²) in [4.78, 5) is 14.2. The lowest BCUT2D eigenvalue weighted by atomic mass is 10.2. The number of hydrogen-bond acceptors (Lipinski definition) is 4. The lowest BCUT2D eigenvalue weighted by molar-refractivity contribution is 0.102. The number of nitrogens with zero attached hydrogens (tertiary/aromatic N) is 2. The third-order valence-electron chi connectivity index (χ3n) is 5.37. The number of hydrogen-bond donors (Lipinski definition) is 1. The van der Waals surface area contributed by atoms with Crippen LogP contribution in [0.2, 0.25) is 5.02 Å². The largest absolute Gasteiger partial charge is 0.367 e. The maximum atomic E-state index is 14.4. The molecule has 1 aliphatic heterocycles. The fourth-order valence-corrected chi connectivity index (χ4v) is 5.25. The number of para-hydroxylation sites is 2. The summed E-state index contributed by atoms with van der Waals surface area (Å²) in [5.41, 5.74) is 0.275. The highest BCUT2D eigenvalue weighted by Crippen LogP contribution is 2.26. The van der Waals surface area contributed by atoms with Crippen LogP contribution >= 0.6 is 11.6 Å². The van der Waals surface area contributed by atoms with E-state index >= 15 is 0 Å². The van der Waals surface area contributed by atoms with Crippen LogP contribution in [-0.4, -0.2) is 44.8 Å². The highest BCUT2D eigenvalue weighted by Gasteiger charge is 2.30. The first kappa shape index (κ1) is 23.2. The summed E-state index contributed by atoms with van der Waals surface area (Å²) in [6, 6.07) is 15.8. The maximum Gasteiger partial charge on any atom is 0.258 e. The Bertz CT molecular complexity index is 1300. The minimum atomic E-state index is -3.99. The van der Waals surface area contributed by atoms with E-state index in [1.165, 1.54) is 10.4 Å². The number of rotatable bonds is 5. The lowest BCUT2D eigenvalue weighted by Crippen LogP contribution is -2.48. The van der Waals surface area contributed by atoms with Gasteiger partial charge in [-0.3, -0.25) is 4.79 Å². The van der Waals surface area contributed by atoms with Gasteiger partial charge in [0.15, 0.2) is 0 Å². The van der Waals surface area contributed by atoms with E-state index in [0.29, 0.717) is 18.8 Å². The smallest absolute Gasteiger partial charge is 0.258 e. The van der Waals surface area contributed by atoms with Crippen molar-refractivity contribution in [2.45, 2.75) is 4.90 Å². The molecule has 0 radical (unpaired) electrons. The van der Waals surface area contributed by atoms with Crippen molar-refractivity contribution in [1.29, 1.82) is 0 Å². The summed E-state index contributed by atoms with van der Waals surface area (Å²) < 4.78 is 56.0. The number of benzene rings is 3. The molecule has 0 aliphatic carbocycles. The van der Waals surface area contributed by atoms with Crippen molar-refractivity contribution in [2.24, 2.45) is 0 Å². The Morgan fingerprint density at radius 1 is 0.879 bits per heavy atom. The molecule has 4 rings (SSSR count). The van der Waals surface area contributed by atoms with Gasteiger partial charge in [-0.25, -0.2) is 17.2 Å². The van der Waals surface area contributed by atoms with E-state index in [1.54, 1.807) is 47.4 Å². The fourth-order valence-electron chi connectivity index (χ4n) is 3.62. The van der Waals surface area contributed by atoms with E-state index in [1.807, 2.05) is 0 Å². The number of piperazine rings is 1. The number of amides is 1. The second-order valence-corrected chi connectivity index (χ2v) is 9.76. The first-order valence-electron chi connectivity index (χ1n) is 10.1. The van der Waals surface area contributed by atoms with Crippen LogP contribution in [0, 0.1) is 11.6 Å². The minimum absolute atomic E-state index is 0.120. The molecule has 1 N–H and O–H groups in total. The predicted octanol–water partition coefficient (Wildman–Crippen LogP) is 4.38. The Morgan fingerprint density at radius 2 is 1.55 bits per heavy atom. The molecule has 0 bridgehead atoms. The Hall–Kier alpha value is -3.01. The maximum absolute atomic E-state index is 14.4. The molecule has 10 heteroatoms. The standard InChI is InChI=1S/C23H20ClF2N3O3S/c24-18-5-1-3-7-21(18)27-23(30)17-15-16(9-10-19(17)25)33(31,32)29-13-11-28(12-14-29)22-8-4-2-6-20(22)26/h1-10,15H,11-14H2,(H,27,30). The Labute approximate surface area is 195 Å². The van der Waals surface area contributed by atoms with Gasteiger partial charge in [0.1, 0.15) is 11.6 Å². The Kier molecular flexibility index (Phi) is 6.64. The number of carbonyl (C=O) groups is 1. The molecule has 0 spiro atoms. The second kappa shape index (κ2) is 9.46. The summed E-state index contributed by atoms with van der Waals surface area (Å²) >= 11 is 6.03. The molecule has 172 valence electrons. The summed E-state index contributed by atoms with van der Waals surface area (Å²) in [5.74, 6) is -2.05. The first-order valence-corrected chi connectivity index (χ1v) is 11.9. The topological polar surface area (TPSA) is 69.7 Å². The van der Waals surface area contributed by atoms with Crippen molar-refractivity contribution in [2.75, 3.05) is 36.4 Å². The van der Waals surface area contributed by atoms with Crippen LogP contribution in [-0.2, 0) is 10.0 Å². The molecule has 0 atom stereocenters. The zero-order valence-corrected chi connectivity index (χ0v) is 18.9. The predicted molar refractivity (Wildman–Crippen MR) is 123 cm³/mol. The molecule has 1 saturated heterocycles. The molecular formula is C23H20ClF2N3O3S. The number of carbonyl (C=O) groups excluding carboxylic acids is 1. The normalized spacial score (nSPS) is 14.8. The summed E-state index contributed by atoms with van der Waals surface area (Å²) in [7, 11) is -3.99. The first-order chi connectivity index (χ1) is 15.8. The van der Waals surface area contributed by atoms with Crippen LogP contribution in [0.15, 0.2) is 71.6 Å². The van der Waals surface area contributed by atoms with Crippen molar-refractivity contribution in [3.63, 3.8) is 0 Å². The zero-order valence-electron chi connectivity index (χ0n) is 17.3. The van der Waals surface area contributed by atoms with E-state index in [-0.39, 0.29) is 34.5 Å². The van der Waals surface area contributed by atoms with E-state index < -0.39 is 27.3 Å². The third-order valence-corrected chi connectivity index (χ3v) is 7.60. The highest BCUT2D eigenvalue weighted by molar-refractivity contribution is 7.89. The molecule has 0 unspecified atom stereocenters. The number of sulfonamides is 1. The Morgan fingerprint density at radius 3 is 2.24 bits per heavy atom. The summed E-state index contributed by atoms with van der Waals surface area (Å²) in [6.45, 7) is 0.826. The van der Waals surface area contributed by atoms with Crippen LogP contribution < -0.4 is 10.2 Å². The second-order valence-electron chi connectivity index (χ2n) is 7.42. The minimum Gasteiger partial charge on any atom is -0.367 e. The van der Waals surface area contributed by atoms with Gasteiger partial charge in [0.05, 0.1) is 26.9 Å². The van der Waals surface area contributed by atoms with Gasteiger partial charge < -0.3 is 10.2 Å². The van der Waals surface area contributed by atoms with Gasteiger partial charge in [-0.15, -0.1) is 0 Å². The number of nitrogens with one attached hydrogen (secondary N) is 1. The van der Waals surface area contributed by atoms with E-state index in [0.717, 1.165) is 18.2 Å². The fraction of sp³-hybridized carbons (Fsp3) is 0.174. The molecular weight excluding hydrogens is 472 g/mol. The molecule has 33 heavy (non-hydrogen) atoms. The van der Waals surface area contributed by atoms with Crippen LogP contribution in [0.1, 0.15) is 10.4 Å². The van der Waals surface area contributed by atoms with Crippen molar-refractivity contribution >= 4 is 38.9 Å². The van der Waals surface area contributed by atoms with E-state index in [9.17, 15) is 22.0 Å². The SMILES string of the molecule is O=C(Nc1ccccc1Cl)c1cc(S(=O)(=O)N2CCN(c3ccccc3F)CC2)ccc1F. The van der Waals surface area contributed by atoms with E-state index in [2.05, 4.69) is 5.32 Å². The zero-order chi connectivity index (χ0) is 23.6. The van der Waals surface area contributed by atoms with Gasteiger partial charge in [0, 0.05) is 26.2 Å². The molecule has 1 fully saturated rings. The van der Waals surface area contributed by atoms with Gasteiger partial charge in [-0.2, -0.15) is 4.31 Å². The molecule has 1 amide bonds. The molecule has 1 aliphatic rings. The Balaban J connectivity index is 1.52. The van der Waals surface area contributed by atoms with Gasteiger partial charge in [-0.05, 0) is 42.5 Å². The van der Waals surface area contributed by atoms with Crippen LogP contribution in [0.4, 0.5) is 20.2 Å². The number of anilines is 2. The van der Waals surface area contributed by atoms with Crippen molar-refractivity contribution in [1.82, 2.24) is 4.31 Å². The summed E-state index contributed by atoms with van der Waals surface area (Å²) in [5, 5.41) is 2.76. The molecule has 3 aromatic carbocycles.